The summed E-state index contributed by atoms with van der Waals surface area (Å²) in [5.74, 6) is -1.43. The monoisotopic (exact) mass is 208 g/mol. The van der Waals surface area contributed by atoms with E-state index in [1.165, 1.54) is 7.11 Å². The molecule has 7 heteroatoms. The van der Waals surface area contributed by atoms with Gasteiger partial charge < -0.3 is 29.9 Å². The summed E-state index contributed by atoms with van der Waals surface area (Å²) in [6.07, 6.45) is -7.60. The Hall–Kier alpha value is -0.730. The number of aliphatic carboxylic acids is 1. The van der Waals surface area contributed by atoms with Gasteiger partial charge in [-0.05, 0) is 0 Å². The number of methoxy groups -OCH3 is 1. The van der Waals surface area contributed by atoms with Crippen LogP contribution in [-0.2, 0) is 14.3 Å². The summed E-state index contributed by atoms with van der Waals surface area (Å²) in [4.78, 5) is 10.5. The van der Waals surface area contributed by atoms with E-state index in [2.05, 4.69) is 4.74 Å². The lowest BCUT2D eigenvalue weighted by Gasteiger charge is -2.37. The molecular weight excluding hydrogens is 196 g/mol. The summed E-state index contributed by atoms with van der Waals surface area (Å²) in [6, 6.07) is 0. The Morgan fingerprint density at radius 1 is 1.21 bits per heavy atom. The van der Waals surface area contributed by atoms with Gasteiger partial charge in [-0.15, -0.1) is 0 Å². The molecule has 5 atom stereocenters. The number of carboxylic acid groups (broad SMARTS) is 1. The normalized spacial score (nSPS) is 43.6. The van der Waals surface area contributed by atoms with Crippen LogP contribution in [0.4, 0.5) is 0 Å². The Morgan fingerprint density at radius 3 is 2.21 bits per heavy atom. The van der Waals surface area contributed by atoms with Gasteiger partial charge >= 0.3 is 5.97 Å². The van der Waals surface area contributed by atoms with Crippen molar-refractivity contribution in [2.45, 2.75) is 30.7 Å². The Labute approximate surface area is 79.5 Å². The van der Waals surface area contributed by atoms with E-state index in [9.17, 15) is 20.1 Å². The van der Waals surface area contributed by atoms with Gasteiger partial charge in [-0.1, -0.05) is 0 Å². The molecule has 0 aromatic carbocycles. The Morgan fingerprint density at radius 2 is 1.79 bits per heavy atom. The van der Waals surface area contributed by atoms with Gasteiger partial charge in [0.05, 0.1) is 0 Å². The van der Waals surface area contributed by atoms with Crippen molar-refractivity contribution in [3.8, 4) is 0 Å². The summed E-state index contributed by atoms with van der Waals surface area (Å²) in [5.41, 5.74) is 0. The zero-order valence-corrected chi connectivity index (χ0v) is 7.40. The Bertz CT molecular complexity index is 216. The number of ether oxygens (including phenoxy) is 2. The lowest BCUT2D eigenvalue weighted by atomic mass is 9.99. The van der Waals surface area contributed by atoms with E-state index >= 15 is 0 Å². The maximum atomic E-state index is 10.5. The third-order valence-electron chi connectivity index (χ3n) is 2.05. The molecule has 1 unspecified atom stereocenters. The molecule has 14 heavy (non-hydrogen) atoms. The summed E-state index contributed by atoms with van der Waals surface area (Å²) in [6.45, 7) is 0. The molecule has 7 nitrogen and oxygen atoms in total. The molecular formula is C7H12O7. The number of hydrogen-bond acceptors (Lipinski definition) is 6. The van der Waals surface area contributed by atoms with Crippen LogP contribution in [0.25, 0.3) is 0 Å². The second-order valence-electron chi connectivity index (χ2n) is 2.97. The third kappa shape index (κ3) is 1.86. The zero-order chi connectivity index (χ0) is 10.9. The van der Waals surface area contributed by atoms with E-state index in [0.29, 0.717) is 0 Å². The molecule has 1 fully saturated rings. The molecule has 4 N–H and O–H groups in total. The van der Waals surface area contributed by atoms with Gasteiger partial charge in [0.1, 0.15) is 18.3 Å². The SMILES string of the molecule is CO[C@@H]1OC(C(=O)O)[C@H](O)[C@H](O)[C@@H]1O. The van der Waals surface area contributed by atoms with Crippen LogP contribution in [0.15, 0.2) is 0 Å². The van der Waals surface area contributed by atoms with Gasteiger partial charge in [0.15, 0.2) is 12.4 Å². The van der Waals surface area contributed by atoms with E-state index in [1.54, 1.807) is 0 Å². The van der Waals surface area contributed by atoms with E-state index in [4.69, 9.17) is 9.84 Å². The average molecular weight is 208 g/mol. The molecule has 1 heterocycles. The van der Waals surface area contributed by atoms with E-state index in [-0.39, 0.29) is 0 Å². The minimum absolute atomic E-state index is 1.19. The maximum Gasteiger partial charge on any atom is 0.335 e. The standard InChI is InChI=1S/C7H12O7/c1-13-7-4(10)2(8)3(9)5(14-7)6(11)12/h2-5,7-10H,1H3,(H,11,12)/t2-,3+,4-,5?,7+/m0/s1. The van der Waals surface area contributed by atoms with Crippen LogP contribution in [0, 0.1) is 0 Å². The quantitative estimate of drug-likeness (QED) is 0.397. The van der Waals surface area contributed by atoms with Crippen molar-refractivity contribution < 1.29 is 34.7 Å². The van der Waals surface area contributed by atoms with Gasteiger partial charge in [-0.2, -0.15) is 0 Å². The summed E-state index contributed by atoms with van der Waals surface area (Å²) in [5, 5.41) is 36.3. The topological polar surface area (TPSA) is 116 Å². The van der Waals surface area contributed by atoms with Crippen LogP contribution < -0.4 is 0 Å². The first-order chi connectivity index (χ1) is 6.49. The van der Waals surface area contributed by atoms with Crippen molar-refractivity contribution in [2.75, 3.05) is 7.11 Å². The highest BCUT2D eigenvalue weighted by molar-refractivity contribution is 5.73. The highest BCUT2D eigenvalue weighted by atomic mass is 16.7. The number of rotatable bonds is 2. The van der Waals surface area contributed by atoms with E-state index in [0.717, 1.165) is 0 Å². The second-order valence-corrected chi connectivity index (χ2v) is 2.97. The molecule has 0 spiro atoms. The lowest BCUT2D eigenvalue weighted by Crippen LogP contribution is -2.60. The molecule has 0 saturated carbocycles. The van der Waals surface area contributed by atoms with Crippen LogP contribution >= 0.6 is 0 Å². The number of carbonyl (C=O) groups is 1. The van der Waals surface area contributed by atoms with E-state index in [1.807, 2.05) is 0 Å². The molecule has 0 amide bonds. The van der Waals surface area contributed by atoms with Crippen LogP contribution in [-0.4, -0.2) is 64.2 Å². The van der Waals surface area contributed by atoms with Crippen LogP contribution in [0.2, 0.25) is 0 Å². The first kappa shape index (κ1) is 11.3. The Kier molecular flexibility index (Phi) is 3.40. The fourth-order valence-electron chi connectivity index (χ4n) is 1.25. The van der Waals surface area contributed by atoms with Crippen molar-refractivity contribution in [3.63, 3.8) is 0 Å². The fraction of sp³-hybridized carbons (Fsp3) is 0.857. The number of carboxylic acids is 1. The zero-order valence-electron chi connectivity index (χ0n) is 7.40. The molecule has 0 aromatic rings. The maximum absolute atomic E-state index is 10.5. The van der Waals surface area contributed by atoms with Gasteiger partial charge in [-0.3, -0.25) is 0 Å². The number of aliphatic hydroxyl groups excluding tert-OH is 3. The lowest BCUT2D eigenvalue weighted by molar-refractivity contribution is -0.287. The highest BCUT2D eigenvalue weighted by Gasteiger charge is 2.46. The van der Waals surface area contributed by atoms with Gasteiger partial charge in [0, 0.05) is 7.11 Å². The van der Waals surface area contributed by atoms with Crippen molar-refractivity contribution in [2.24, 2.45) is 0 Å². The molecule has 0 aliphatic carbocycles. The summed E-state index contributed by atoms with van der Waals surface area (Å²) < 4.78 is 9.31. The van der Waals surface area contributed by atoms with Gasteiger partial charge in [0.2, 0.25) is 0 Å². The average Bonchev–Trinajstić information content (AvgIpc) is 2.14. The molecule has 82 valence electrons. The van der Waals surface area contributed by atoms with Crippen molar-refractivity contribution in [3.05, 3.63) is 0 Å². The molecule has 0 bridgehead atoms. The molecule has 1 aliphatic heterocycles. The van der Waals surface area contributed by atoms with Crippen molar-refractivity contribution in [1.29, 1.82) is 0 Å². The first-order valence-electron chi connectivity index (χ1n) is 3.94. The van der Waals surface area contributed by atoms with Crippen molar-refractivity contribution >= 4 is 5.97 Å². The molecule has 1 saturated heterocycles. The van der Waals surface area contributed by atoms with E-state index < -0.39 is 36.7 Å². The smallest absolute Gasteiger partial charge is 0.335 e. The van der Waals surface area contributed by atoms with Crippen LogP contribution in [0.1, 0.15) is 0 Å². The number of aliphatic hydroxyl groups is 3. The molecule has 1 aliphatic rings. The third-order valence-corrected chi connectivity index (χ3v) is 2.05. The molecule has 0 radical (unpaired) electrons. The Balaban J connectivity index is 2.78. The van der Waals surface area contributed by atoms with Crippen LogP contribution in [0.5, 0.6) is 0 Å². The first-order valence-corrected chi connectivity index (χ1v) is 3.94. The number of hydrogen-bond donors (Lipinski definition) is 4. The van der Waals surface area contributed by atoms with Crippen LogP contribution in [0.3, 0.4) is 0 Å². The van der Waals surface area contributed by atoms with Gasteiger partial charge in [0.25, 0.3) is 0 Å². The highest BCUT2D eigenvalue weighted by Crippen LogP contribution is 2.21. The van der Waals surface area contributed by atoms with Gasteiger partial charge in [-0.25, -0.2) is 4.79 Å². The minimum atomic E-state index is -1.67. The largest absolute Gasteiger partial charge is 0.479 e. The molecule has 0 aromatic heterocycles. The minimum Gasteiger partial charge on any atom is -0.479 e. The summed E-state index contributed by atoms with van der Waals surface area (Å²) >= 11 is 0. The molecule has 1 rings (SSSR count). The van der Waals surface area contributed by atoms with Crippen molar-refractivity contribution in [1.82, 2.24) is 0 Å². The second kappa shape index (κ2) is 4.20. The predicted molar refractivity (Wildman–Crippen MR) is 41.3 cm³/mol. The summed E-state index contributed by atoms with van der Waals surface area (Å²) in [7, 11) is 1.19. The predicted octanol–water partition coefficient (Wildman–Crippen LogP) is -2.47. The fourth-order valence-corrected chi connectivity index (χ4v) is 1.25.